The number of aromatic nitrogens is 1. The largest absolute Gasteiger partial charge is 0.497 e. The number of amides is 3. The lowest BCUT2D eigenvalue weighted by atomic mass is 10.1. The van der Waals surface area contributed by atoms with E-state index in [1.54, 1.807) is 85.2 Å². The molecule has 0 saturated carbocycles. The molecule has 1 atom stereocenters. The average molecular weight is 641 g/mol. The van der Waals surface area contributed by atoms with E-state index < -0.39 is 11.8 Å². The molecule has 3 N–H and O–H groups in total. The van der Waals surface area contributed by atoms with Gasteiger partial charge >= 0.3 is 0 Å². The third-order valence-electron chi connectivity index (χ3n) is 6.26. The maximum atomic E-state index is 13.3. The molecule has 2 heterocycles. The molecule has 0 spiro atoms. The Labute approximate surface area is 267 Å². The minimum atomic E-state index is -0.483. The fourth-order valence-corrected chi connectivity index (χ4v) is 6.30. The number of methoxy groups -OCH3 is 1. The number of thioether (sulfide) groups is 1. The predicted octanol–water partition coefficient (Wildman–Crippen LogP) is 7.41. The lowest BCUT2D eigenvalue weighted by molar-refractivity contribution is -0.115. The SMILES string of the molecule is COc1ccc(/C=C(\NC(=O)c2ccccc2)C(=O)Nc2ccc(SC(C)C(=O)Nc3nc(-c4cccs4)cs3)cc2)cc1. The maximum absolute atomic E-state index is 13.3. The minimum absolute atomic E-state index is 0.0807. The summed E-state index contributed by atoms with van der Waals surface area (Å²) in [6.45, 7) is 1.83. The Morgan fingerprint density at radius 1 is 0.886 bits per heavy atom. The molecule has 0 aliphatic rings. The molecule has 3 aromatic carbocycles. The fraction of sp³-hybridized carbons (Fsp3) is 0.0909. The number of nitrogens with zero attached hydrogens (tertiary/aromatic N) is 1. The zero-order valence-electron chi connectivity index (χ0n) is 23.8. The summed E-state index contributed by atoms with van der Waals surface area (Å²) in [6, 6.07) is 26.9. The first-order chi connectivity index (χ1) is 21.4. The Morgan fingerprint density at radius 2 is 1.64 bits per heavy atom. The van der Waals surface area contributed by atoms with Crippen LogP contribution in [0.2, 0.25) is 0 Å². The fourth-order valence-electron chi connectivity index (χ4n) is 3.96. The van der Waals surface area contributed by atoms with Gasteiger partial charge < -0.3 is 20.7 Å². The number of carbonyl (C=O) groups excluding carboxylic acids is 3. The Balaban J connectivity index is 1.22. The zero-order valence-corrected chi connectivity index (χ0v) is 26.2. The molecule has 44 heavy (non-hydrogen) atoms. The second kappa shape index (κ2) is 14.6. The molecule has 3 amide bonds. The van der Waals surface area contributed by atoms with Crippen LogP contribution < -0.4 is 20.7 Å². The van der Waals surface area contributed by atoms with Crippen LogP contribution in [0.3, 0.4) is 0 Å². The number of anilines is 2. The molecule has 2 aromatic heterocycles. The highest BCUT2D eigenvalue weighted by Gasteiger charge is 2.18. The number of ether oxygens (including phenoxy) is 1. The van der Waals surface area contributed by atoms with Gasteiger partial charge in [-0.1, -0.05) is 36.4 Å². The smallest absolute Gasteiger partial charge is 0.272 e. The van der Waals surface area contributed by atoms with Gasteiger partial charge in [0.05, 0.1) is 22.9 Å². The van der Waals surface area contributed by atoms with E-state index in [9.17, 15) is 14.4 Å². The topological polar surface area (TPSA) is 109 Å². The molecule has 222 valence electrons. The van der Waals surface area contributed by atoms with Crippen molar-refractivity contribution in [2.45, 2.75) is 17.1 Å². The molecule has 0 aliphatic heterocycles. The van der Waals surface area contributed by atoms with Crippen molar-refractivity contribution >= 4 is 69.1 Å². The Morgan fingerprint density at radius 3 is 2.32 bits per heavy atom. The second-order valence-corrected chi connectivity index (χ2v) is 12.6. The first kappa shape index (κ1) is 30.7. The molecule has 8 nitrogen and oxygen atoms in total. The van der Waals surface area contributed by atoms with Crippen molar-refractivity contribution in [3.63, 3.8) is 0 Å². The minimum Gasteiger partial charge on any atom is -0.497 e. The van der Waals surface area contributed by atoms with Gasteiger partial charge in [-0.05, 0) is 78.5 Å². The van der Waals surface area contributed by atoms with E-state index in [1.807, 2.05) is 48.0 Å². The Hall–Kier alpha value is -4.71. The van der Waals surface area contributed by atoms with Crippen LogP contribution in [0, 0.1) is 0 Å². The first-order valence-electron chi connectivity index (χ1n) is 13.5. The molecule has 1 unspecified atom stereocenters. The summed E-state index contributed by atoms with van der Waals surface area (Å²) in [6.07, 6.45) is 1.60. The van der Waals surface area contributed by atoms with Crippen LogP contribution in [0.15, 0.2) is 112 Å². The van der Waals surface area contributed by atoms with Gasteiger partial charge in [0.25, 0.3) is 11.8 Å². The van der Waals surface area contributed by atoms with Crippen molar-refractivity contribution in [2.24, 2.45) is 0 Å². The maximum Gasteiger partial charge on any atom is 0.272 e. The first-order valence-corrected chi connectivity index (χ1v) is 16.1. The Kier molecular flexibility index (Phi) is 10.2. The molecule has 5 rings (SSSR count). The third-order valence-corrected chi connectivity index (χ3v) is 9.02. The number of benzene rings is 3. The molecule has 0 saturated heterocycles. The zero-order chi connectivity index (χ0) is 30.9. The van der Waals surface area contributed by atoms with Crippen molar-refractivity contribution in [3.8, 4) is 16.3 Å². The second-order valence-electron chi connectivity index (χ2n) is 9.39. The van der Waals surface area contributed by atoms with Gasteiger partial charge in [0.1, 0.15) is 11.4 Å². The van der Waals surface area contributed by atoms with Gasteiger partial charge in [-0.25, -0.2) is 4.98 Å². The molecule has 11 heteroatoms. The van der Waals surface area contributed by atoms with Gasteiger partial charge in [-0.2, -0.15) is 0 Å². The van der Waals surface area contributed by atoms with E-state index in [-0.39, 0.29) is 16.9 Å². The molecule has 0 bridgehead atoms. The van der Waals surface area contributed by atoms with Crippen molar-refractivity contribution in [1.82, 2.24) is 10.3 Å². The van der Waals surface area contributed by atoms with Gasteiger partial charge in [-0.3, -0.25) is 14.4 Å². The van der Waals surface area contributed by atoms with Crippen LogP contribution in [0.25, 0.3) is 16.6 Å². The van der Waals surface area contributed by atoms with E-state index in [1.165, 1.54) is 23.1 Å². The highest BCUT2D eigenvalue weighted by atomic mass is 32.2. The van der Waals surface area contributed by atoms with Crippen LogP contribution in [0.4, 0.5) is 10.8 Å². The van der Waals surface area contributed by atoms with Crippen molar-refractivity contribution in [2.75, 3.05) is 17.7 Å². The molecule has 0 fully saturated rings. The number of thiophene rings is 1. The highest BCUT2D eigenvalue weighted by Crippen LogP contribution is 2.30. The standard InChI is InChI=1S/C33H28N4O4S3/c1-21(30(38)37-33-36-28(20-43-33)29-9-6-18-42-29)44-26-16-12-24(13-17-26)34-32(40)27(19-22-10-14-25(41-2)15-11-22)35-31(39)23-7-4-3-5-8-23/h3-21H,1-2H3,(H,34,40)(H,35,39)(H,36,37,38)/b27-19-. The van der Waals surface area contributed by atoms with Crippen molar-refractivity contribution in [3.05, 3.63) is 119 Å². The van der Waals surface area contributed by atoms with E-state index >= 15 is 0 Å². The number of nitrogens with one attached hydrogen (secondary N) is 3. The summed E-state index contributed by atoms with van der Waals surface area (Å²) in [5, 5.41) is 12.6. The number of thiazole rings is 1. The lowest BCUT2D eigenvalue weighted by Crippen LogP contribution is -2.30. The number of hydrogen-bond donors (Lipinski definition) is 3. The van der Waals surface area contributed by atoms with E-state index in [2.05, 4.69) is 20.9 Å². The molecular formula is C33H28N4O4S3. The van der Waals surface area contributed by atoms with Crippen LogP contribution in [-0.2, 0) is 9.59 Å². The summed E-state index contributed by atoms with van der Waals surface area (Å²) in [4.78, 5) is 45.4. The molecular weight excluding hydrogens is 613 g/mol. The number of carbonyl (C=O) groups is 3. The number of rotatable bonds is 11. The summed E-state index contributed by atoms with van der Waals surface area (Å²) >= 11 is 4.39. The summed E-state index contributed by atoms with van der Waals surface area (Å²) in [7, 11) is 1.58. The summed E-state index contributed by atoms with van der Waals surface area (Å²) < 4.78 is 5.21. The van der Waals surface area contributed by atoms with Gasteiger partial charge in [0, 0.05) is 21.5 Å². The van der Waals surface area contributed by atoms with Crippen LogP contribution in [0.1, 0.15) is 22.8 Å². The highest BCUT2D eigenvalue weighted by molar-refractivity contribution is 8.00. The normalized spacial score (nSPS) is 11.8. The van der Waals surface area contributed by atoms with Crippen molar-refractivity contribution in [1.29, 1.82) is 0 Å². The molecule has 0 radical (unpaired) electrons. The van der Waals surface area contributed by atoms with E-state index in [0.29, 0.717) is 27.7 Å². The average Bonchev–Trinajstić information content (AvgIpc) is 3.75. The van der Waals surface area contributed by atoms with E-state index in [0.717, 1.165) is 15.5 Å². The van der Waals surface area contributed by atoms with Gasteiger partial charge in [0.15, 0.2) is 5.13 Å². The number of hydrogen-bond acceptors (Lipinski definition) is 8. The molecule has 0 aliphatic carbocycles. The Bertz CT molecular complexity index is 1750. The van der Waals surface area contributed by atoms with Gasteiger partial charge in [-0.15, -0.1) is 34.4 Å². The molecule has 5 aromatic rings. The van der Waals surface area contributed by atoms with Crippen LogP contribution >= 0.6 is 34.4 Å². The van der Waals surface area contributed by atoms with Crippen LogP contribution in [-0.4, -0.2) is 35.1 Å². The summed E-state index contributed by atoms with van der Waals surface area (Å²) in [5.41, 5.74) is 2.61. The van der Waals surface area contributed by atoms with E-state index in [4.69, 9.17) is 4.74 Å². The third kappa shape index (κ3) is 8.22. The summed E-state index contributed by atoms with van der Waals surface area (Å²) in [5.74, 6) is -0.358. The van der Waals surface area contributed by atoms with Crippen molar-refractivity contribution < 1.29 is 19.1 Å². The monoisotopic (exact) mass is 640 g/mol. The quantitative estimate of drug-likeness (QED) is 0.103. The predicted molar refractivity (Wildman–Crippen MR) is 179 cm³/mol. The lowest BCUT2D eigenvalue weighted by Gasteiger charge is -2.13. The van der Waals surface area contributed by atoms with Crippen LogP contribution in [0.5, 0.6) is 5.75 Å². The van der Waals surface area contributed by atoms with Gasteiger partial charge in [0.2, 0.25) is 5.91 Å².